The van der Waals surface area contributed by atoms with E-state index in [1.807, 2.05) is 0 Å². The van der Waals surface area contributed by atoms with E-state index < -0.39 is 16.1 Å². The molecule has 0 saturated carbocycles. The zero-order valence-electron chi connectivity index (χ0n) is 8.56. The van der Waals surface area contributed by atoms with Gasteiger partial charge in [-0.05, 0) is 12.8 Å². The molecule has 0 aromatic heterocycles. The molecule has 7 nitrogen and oxygen atoms in total. The number of rotatable bonds is 7. The Morgan fingerprint density at radius 2 is 2.13 bits per heavy atom. The standard InChI is InChI=1S/C7H17N3O4S/c1-15(13,14)10-5-6(8)3-2-4-9-7(11)12/h6,9-10H,2-5,8H2,1H3,(H,11,12)/t6-/m0/s1. The van der Waals surface area contributed by atoms with Gasteiger partial charge in [-0.3, -0.25) is 0 Å². The molecule has 0 spiro atoms. The molecule has 0 radical (unpaired) electrons. The Morgan fingerprint density at radius 1 is 1.53 bits per heavy atom. The molecule has 0 aromatic rings. The summed E-state index contributed by atoms with van der Waals surface area (Å²) in [5.41, 5.74) is 5.60. The Bertz CT molecular complexity index is 291. The molecule has 1 atom stereocenters. The van der Waals surface area contributed by atoms with Crippen LogP contribution in [0, 0.1) is 0 Å². The first kappa shape index (κ1) is 14.1. The lowest BCUT2D eigenvalue weighted by Gasteiger charge is -2.11. The monoisotopic (exact) mass is 239 g/mol. The molecule has 0 aromatic carbocycles. The molecule has 0 aliphatic rings. The average Bonchev–Trinajstić information content (AvgIpc) is 2.07. The Hall–Kier alpha value is -0.860. The van der Waals surface area contributed by atoms with Crippen molar-refractivity contribution in [2.24, 2.45) is 5.73 Å². The molecule has 0 bridgehead atoms. The van der Waals surface area contributed by atoms with Crippen LogP contribution in [0.3, 0.4) is 0 Å². The van der Waals surface area contributed by atoms with Crippen molar-refractivity contribution in [1.29, 1.82) is 0 Å². The fraction of sp³-hybridized carbons (Fsp3) is 0.857. The Balaban J connectivity index is 3.50. The van der Waals surface area contributed by atoms with E-state index in [0.29, 0.717) is 19.4 Å². The quantitative estimate of drug-likeness (QED) is 0.421. The molecule has 0 aliphatic carbocycles. The smallest absolute Gasteiger partial charge is 0.404 e. The number of sulfonamides is 1. The van der Waals surface area contributed by atoms with Crippen molar-refractivity contribution >= 4 is 16.1 Å². The second-order valence-corrected chi connectivity index (χ2v) is 5.09. The molecular weight excluding hydrogens is 222 g/mol. The minimum absolute atomic E-state index is 0.173. The molecule has 0 heterocycles. The highest BCUT2D eigenvalue weighted by molar-refractivity contribution is 7.88. The van der Waals surface area contributed by atoms with E-state index in [9.17, 15) is 13.2 Å². The van der Waals surface area contributed by atoms with Gasteiger partial charge in [-0.1, -0.05) is 0 Å². The van der Waals surface area contributed by atoms with Crippen LogP contribution in [0.1, 0.15) is 12.8 Å². The molecule has 15 heavy (non-hydrogen) atoms. The molecule has 0 aliphatic heterocycles. The molecule has 5 N–H and O–H groups in total. The van der Waals surface area contributed by atoms with Gasteiger partial charge in [-0.25, -0.2) is 17.9 Å². The third kappa shape index (κ3) is 11.1. The van der Waals surface area contributed by atoms with Gasteiger partial charge < -0.3 is 16.2 Å². The van der Waals surface area contributed by atoms with E-state index in [1.165, 1.54) is 0 Å². The summed E-state index contributed by atoms with van der Waals surface area (Å²) < 4.78 is 23.7. The van der Waals surface area contributed by atoms with Crippen LogP contribution in [-0.4, -0.2) is 45.0 Å². The zero-order valence-corrected chi connectivity index (χ0v) is 9.38. The molecule has 0 rings (SSSR count). The Labute approximate surface area is 89.1 Å². The maximum atomic E-state index is 10.7. The number of hydrogen-bond donors (Lipinski definition) is 4. The van der Waals surface area contributed by atoms with Crippen LogP contribution in [0.4, 0.5) is 4.79 Å². The highest BCUT2D eigenvalue weighted by Gasteiger charge is 2.06. The van der Waals surface area contributed by atoms with E-state index in [1.54, 1.807) is 0 Å². The third-order valence-corrected chi connectivity index (χ3v) is 2.33. The van der Waals surface area contributed by atoms with Gasteiger partial charge in [0.15, 0.2) is 0 Å². The van der Waals surface area contributed by atoms with Gasteiger partial charge in [0, 0.05) is 19.1 Å². The maximum Gasteiger partial charge on any atom is 0.404 e. The van der Waals surface area contributed by atoms with Crippen molar-refractivity contribution in [1.82, 2.24) is 10.0 Å². The number of hydrogen-bond acceptors (Lipinski definition) is 4. The lowest BCUT2D eigenvalue weighted by Crippen LogP contribution is -2.37. The lowest BCUT2D eigenvalue weighted by atomic mass is 10.2. The molecule has 90 valence electrons. The summed E-state index contributed by atoms with van der Waals surface area (Å²) in [5, 5.41) is 10.5. The summed E-state index contributed by atoms with van der Waals surface area (Å²) in [4.78, 5) is 10.1. The molecule has 0 fully saturated rings. The van der Waals surface area contributed by atoms with Gasteiger partial charge in [0.25, 0.3) is 0 Å². The molecule has 0 unspecified atom stereocenters. The summed E-state index contributed by atoms with van der Waals surface area (Å²) in [5.74, 6) is 0. The zero-order chi connectivity index (χ0) is 11.9. The van der Waals surface area contributed by atoms with Crippen LogP contribution in [0.5, 0.6) is 0 Å². The van der Waals surface area contributed by atoms with Crippen molar-refractivity contribution < 1.29 is 18.3 Å². The largest absolute Gasteiger partial charge is 0.465 e. The van der Waals surface area contributed by atoms with Gasteiger partial charge in [0.05, 0.1) is 6.26 Å². The van der Waals surface area contributed by atoms with Crippen LogP contribution in [0.25, 0.3) is 0 Å². The van der Waals surface area contributed by atoms with Gasteiger partial charge in [-0.2, -0.15) is 0 Å². The average molecular weight is 239 g/mol. The fourth-order valence-electron chi connectivity index (χ4n) is 0.920. The van der Waals surface area contributed by atoms with Crippen molar-refractivity contribution in [3.63, 3.8) is 0 Å². The van der Waals surface area contributed by atoms with E-state index >= 15 is 0 Å². The number of carbonyl (C=O) groups is 1. The summed E-state index contributed by atoms with van der Waals surface area (Å²) in [6, 6.07) is -0.296. The summed E-state index contributed by atoms with van der Waals surface area (Å²) in [7, 11) is -3.20. The van der Waals surface area contributed by atoms with Gasteiger partial charge in [0.2, 0.25) is 10.0 Å². The first-order valence-electron chi connectivity index (χ1n) is 4.48. The minimum atomic E-state index is -3.20. The highest BCUT2D eigenvalue weighted by atomic mass is 32.2. The molecular formula is C7H17N3O4S. The first-order valence-corrected chi connectivity index (χ1v) is 6.37. The predicted molar refractivity (Wildman–Crippen MR) is 56.1 cm³/mol. The van der Waals surface area contributed by atoms with Crippen LogP contribution in [-0.2, 0) is 10.0 Å². The lowest BCUT2D eigenvalue weighted by molar-refractivity contribution is 0.194. The summed E-state index contributed by atoms with van der Waals surface area (Å²) in [6.45, 7) is 0.494. The van der Waals surface area contributed by atoms with Crippen molar-refractivity contribution in [2.75, 3.05) is 19.3 Å². The number of amides is 1. The van der Waals surface area contributed by atoms with E-state index in [2.05, 4.69) is 10.0 Å². The van der Waals surface area contributed by atoms with E-state index in [4.69, 9.17) is 10.8 Å². The maximum absolute atomic E-state index is 10.7. The molecule has 8 heteroatoms. The van der Waals surface area contributed by atoms with E-state index in [-0.39, 0.29) is 12.6 Å². The summed E-state index contributed by atoms with van der Waals surface area (Å²) >= 11 is 0. The number of nitrogens with one attached hydrogen (secondary N) is 2. The third-order valence-electron chi connectivity index (χ3n) is 1.64. The van der Waals surface area contributed by atoms with Crippen molar-refractivity contribution in [3.8, 4) is 0 Å². The van der Waals surface area contributed by atoms with E-state index in [0.717, 1.165) is 6.26 Å². The normalized spacial score (nSPS) is 13.5. The van der Waals surface area contributed by atoms with Crippen molar-refractivity contribution in [2.45, 2.75) is 18.9 Å². The number of carboxylic acid groups (broad SMARTS) is 1. The minimum Gasteiger partial charge on any atom is -0.465 e. The second kappa shape index (κ2) is 6.59. The van der Waals surface area contributed by atoms with Crippen molar-refractivity contribution in [3.05, 3.63) is 0 Å². The van der Waals surface area contributed by atoms with Crippen LogP contribution in [0.15, 0.2) is 0 Å². The molecule has 0 saturated heterocycles. The Kier molecular flexibility index (Phi) is 6.21. The topological polar surface area (TPSA) is 122 Å². The van der Waals surface area contributed by atoms with Gasteiger partial charge in [0.1, 0.15) is 0 Å². The fourth-order valence-corrected chi connectivity index (χ4v) is 1.44. The van der Waals surface area contributed by atoms with Crippen LogP contribution >= 0.6 is 0 Å². The molecule has 1 amide bonds. The first-order chi connectivity index (χ1) is 6.81. The Morgan fingerprint density at radius 3 is 2.60 bits per heavy atom. The predicted octanol–water partition coefficient (Wildman–Crippen LogP) is -1.09. The SMILES string of the molecule is CS(=O)(=O)NC[C@@H](N)CCCNC(=O)O. The summed E-state index contributed by atoms with van der Waals surface area (Å²) in [6.07, 6.45) is 1.13. The van der Waals surface area contributed by atoms with Crippen LogP contribution in [0.2, 0.25) is 0 Å². The highest BCUT2D eigenvalue weighted by Crippen LogP contribution is 1.92. The van der Waals surface area contributed by atoms with Crippen LogP contribution < -0.4 is 15.8 Å². The van der Waals surface area contributed by atoms with Gasteiger partial charge >= 0.3 is 6.09 Å². The second-order valence-electron chi connectivity index (χ2n) is 3.25. The van der Waals surface area contributed by atoms with Gasteiger partial charge in [-0.15, -0.1) is 0 Å². The number of nitrogens with two attached hydrogens (primary N) is 1.